The van der Waals surface area contributed by atoms with Crippen molar-refractivity contribution < 1.29 is 17.9 Å². The van der Waals surface area contributed by atoms with Crippen LogP contribution in [0.1, 0.15) is 38.3 Å². The standard InChI is InChI=1S/C22H27N3O6S/c1-12-10-11-14(31-12)21(22(2,3)4)24-17-16(19(27)20(17)28)23-13-8-7-9-15(18(13)26)32(29,30)25(5)6/h7-11,21,23-24,26H,1-6H3. The number of hydrogen-bond donors (Lipinski definition) is 3. The third-order valence-corrected chi connectivity index (χ3v) is 6.97. The molecule has 3 rings (SSSR count). The van der Waals surface area contributed by atoms with Crippen molar-refractivity contribution in [1.82, 2.24) is 4.31 Å². The van der Waals surface area contributed by atoms with Gasteiger partial charge in [0.15, 0.2) is 5.75 Å². The maximum absolute atomic E-state index is 12.5. The number of aryl methyl sites for hydroxylation is 1. The summed E-state index contributed by atoms with van der Waals surface area (Å²) >= 11 is 0. The van der Waals surface area contributed by atoms with Gasteiger partial charge in [0, 0.05) is 14.1 Å². The van der Waals surface area contributed by atoms with Crippen LogP contribution in [0.5, 0.6) is 5.75 Å². The van der Waals surface area contributed by atoms with Crippen LogP contribution in [0.25, 0.3) is 0 Å². The van der Waals surface area contributed by atoms with E-state index in [1.165, 1.54) is 32.3 Å². The lowest BCUT2D eigenvalue weighted by atomic mass is 9.85. The van der Waals surface area contributed by atoms with Crippen molar-refractivity contribution in [2.75, 3.05) is 24.7 Å². The summed E-state index contributed by atoms with van der Waals surface area (Å²) in [5.74, 6) is 0.772. The smallest absolute Gasteiger partial charge is 0.253 e. The molecule has 9 nitrogen and oxygen atoms in total. The predicted molar refractivity (Wildman–Crippen MR) is 123 cm³/mol. The summed E-state index contributed by atoms with van der Waals surface area (Å²) in [5, 5.41) is 16.4. The number of phenols is 1. The summed E-state index contributed by atoms with van der Waals surface area (Å²) in [6.45, 7) is 7.69. The quantitative estimate of drug-likeness (QED) is 0.362. The molecule has 0 saturated heterocycles. The molecule has 3 aromatic rings. The van der Waals surface area contributed by atoms with Gasteiger partial charge in [-0.2, -0.15) is 0 Å². The van der Waals surface area contributed by atoms with Crippen LogP contribution >= 0.6 is 0 Å². The molecule has 0 aliphatic heterocycles. The van der Waals surface area contributed by atoms with E-state index >= 15 is 0 Å². The number of furan rings is 1. The number of hydrogen-bond acceptors (Lipinski definition) is 8. The van der Waals surface area contributed by atoms with Crippen LogP contribution in [0.2, 0.25) is 0 Å². The molecule has 1 atom stereocenters. The molecular formula is C22H27N3O6S. The lowest BCUT2D eigenvalue weighted by Gasteiger charge is -2.31. The highest BCUT2D eigenvalue weighted by atomic mass is 32.2. The summed E-state index contributed by atoms with van der Waals surface area (Å²) < 4.78 is 31.6. The zero-order valence-corrected chi connectivity index (χ0v) is 19.6. The first-order valence-electron chi connectivity index (χ1n) is 9.93. The highest BCUT2D eigenvalue weighted by Gasteiger charge is 2.33. The van der Waals surface area contributed by atoms with Gasteiger partial charge < -0.3 is 20.2 Å². The van der Waals surface area contributed by atoms with Gasteiger partial charge in [0.05, 0.1) is 11.7 Å². The first kappa shape index (κ1) is 23.6. The minimum Gasteiger partial charge on any atom is -0.504 e. The fourth-order valence-corrected chi connectivity index (χ4v) is 4.28. The first-order chi connectivity index (χ1) is 14.7. The Morgan fingerprint density at radius 3 is 2.19 bits per heavy atom. The van der Waals surface area contributed by atoms with Crippen molar-refractivity contribution in [2.45, 2.75) is 38.6 Å². The Morgan fingerprint density at radius 1 is 1.03 bits per heavy atom. The highest BCUT2D eigenvalue weighted by molar-refractivity contribution is 7.89. The minimum absolute atomic E-state index is 0.00998. The van der Waals surface area contributed by atoms with Crippen LogP contribution in [-0.2, 0) is 10.0 Å². The molecule has 0 saturated carbocycles. The molecule has 32 heavy (non-hydrogen) atoms. The number of rotatable bonds is 7. The van der Waals surface area contributed by atoms with Crippen LogP contribution in [-0.4, -0.2) is 31.9 Å². The van der Waals surface area contributed by atoms with Gasteiger partial charge >= 0.3 is 0 Å². The molecule has 0 aliphatic carbocycles. The molecule has 0 fully saturated rings. The van der Waals surface area contributed by atoms with Crippen LogP contribution in [0, 0.1) is 12.3 Å². The molecule has 1 unspecified atom stereocenters. The summed E-state index contributed by atoms with van der Waals surface area (Å²) in [7, 11) is -1.23. The Bertz CT molecular complexity index is 1320. The third kappa shape index (κ3) is 4.15. The first-order valence-corrected chi connectivity index (χ1v) is 11.4. The van der Waals surface area contributed by atoms with Crippen molar-refractivity contribution in [3.8, 4) is 5.75 Å². The minimum atomic E-state index is -3.92. The van der Waals surface area contributed by atoms with Gasteiger partial charge in [0.1, 0.15) is 27.8 Å². The molecule has 0 amide bonds. The van der Waals surface area contributed by atoms with Gasteiger partial charge in [-0.1, -0.05) is 26.8 Å². The number of aromatic hydroxyl groups is 1. The van der Waals surface area contributed by atoms with Crippen molar-refractivity contribution in [3.63, 3.8) is 0 Å². The van der Waals surface area contributed by atoms with E-state index in [0.717, 1.165) is 4.31 Å². The molecule has 0 bridgehead atoms. The Balaban J connectivity index is 1.99. The normalized spacial score (nSPS) is 13.5. The monoisotopic (exact) mass is 461 g/mol. The predicted octanol–water partition coefficient (Wildman–Crippen LogP) is 3.08. The van der Waals surface area contributed by atoms with Crippen molar-refractivity contribution in [1.29, 1.82) is 0 Å². The van der Waals surface area contributed by atoms with Gasteiger partial charge in [-0.3, -0.25) is 9.59 Å². The summed E-state index contributed by atoms with van der Waals surface area (Å²) in [5.41, 5.74) is -1.86. The van der Waals surface area contributed by atoms with E-state index in [0.29, 0.717) is 11.5 Å². The van der Waals surface area contributed by atoms with Crippen LogP contribution in [0.15, 0.2) is 49.2 Å². The third-order valence-electron chi connectivity index (χ3n) is 5.13. The average molecular weight is 462 g/mol. The molecule has 0 aliphatic rings. The van der Waals surface area contributed by atoms with E-state index in [4.69, 9.17) is 4.42 Å². The largest absolute Gasteiger partial charge is 0.504 e. The van der Waals surface area contributed by atoms with Gasteiger partial charge in [-0.05, 0) is 36.6 Å². The van der Waals surface area contributed by atoms with Gasteiger partial charge in [-0.25, -0.2) is 12.7 Å². The van der Waals surface area contributed by atoms with E-state index in [9.17, 15) is 23.1 Å². The maximum Gasteiger partial charge on any atom is 0.253 e. The van der Waals surface area contributed by atoms with Crippen LogP contribution in [0.4, 0.5) is 17.1 Å². The van der Waals surface area contributed by atoms with Gasteiger partial charge in [0.2, 0.25) is 10.0 Å². The van der Waals surface area contributed by atoms with Crippen molar-refractivity contribution in [3.05, 3.63) is 62.3 Å². The van der Waals surface area contributed by atoms with Crippen LogP contribution < -0.4 is 21.5 Å². The Kier molecular flexibility index (Phi) is 5.96. The van der Waals surface area contributed by atoms with Crippen LogP contribution in [0.3, 0.4) is 0 Å². The van der Waals surface area contributed by atoms with Crippen molar-refractivity contribution >= 4 is 27.1 Å². The number of phenolic OH excluding ortho intramolecular Hbond substituents is 1. The summed E-state index contributed by atoms with van der Waals surface area (Å²) in [6, 6.07) is 7.30. The molecule has 0 radical (unpaired) electrons. The SMILES string of the molecule is Cc1ccc(C(Nc2c(Nc3cccc(S(=O)(=O)N(C)C)c3O)c(=O)c2=O)C(C)(C)C)o1. The van der Waals surface area contributed by atoms with E-state index < -0.39 is 32.7 Å². The Hall–Kier alpha value is -3.11. The Labute approximate surface area is 186 Å². The zero-order chi connectivity index (χ0) is 24.0. The molecule has 10 heteroatoms. The average Bonchev–Trinajstić information content (AvgIpc) is 3.12. The molecular weight excluding hydrogens is 434 g/mol. The molecule has 1 aromatic heterocycles. The number of anilines is 3. The topological polar surface area (TPSA) is 129 Å². The number of sulfonamides is 1. The summed E-state index contributed by atoms with van der Waals surface area (Å²) in [4.78, 5) is 24.3. The second kappa shape index (κ2) is 8.10. The number of nitrogens with zero attached hydrogens (tertiary/aromatic N) is 1. The van der Waals surface area contributed by atoms with E-state index in [-0.39, 0.29) is 27.4 Å². The number of benzene rings is 1. The van der Waals surface area contributed by atoms with Gasteiger partial charge in [0.25, 0.3) is 10.9 Å². The summed E-state index contributed by atoms with van der Waals surface area (Å²) in [6.07, 6.45) is 0. The lowest BCUT2D eigenvalue weighted by molar-refractivity contribution is 0.300. The lowest BCUT2D eigenvalue weighted by Crippen LogP contribution is -2.39. The maximum atomic E-state index is 12.5. The van der Waals surface area contributed by atoms with Gasteiger partial charge in [-0.15, -0.1) is 0 Å². The zero-order valence-electron chi connectivity index (χ0n) is 18.8. The fraction of sp³-hybridized carbons (Fsp3) is 0.364. The second-order valence-electron chi connectivity index (χ2n) is 8.86. The van der Waals surface area contributed by atoms with E-state index in [1.54, 1.807) is 6.07 Å². The van der Waals surface area contributed by atoms with E-state index in [2.05, 4.69) is 10.6 Å². The Morgan fingerprint density at radius 2 is 1.66 bits per heavy atom. The van der Waals surface area contributed by atoms with E-state index in [1.807, 2.05) is 33.8 Å². The molecule has 172 valence electrons. The fourth-order valence-electron chi connectivity index (χ4n) is 3.28. The number of nitrogens with one attached hydrogen (secondary N) is 2. The molecule has 3 N–H and O–H groups in total. The second-order valence-corrected chi connectivity index (χ2v) is 11.0. The molecule has 1 heterocycles. The highest BCUT2D eigenvalue weighted by Crippen LogP contribution is 2.39. The van der Waals surface area contributed by atoms with Crippen molar-refractivity contribution in [2.24, 2.45) is 5.41 Å². The molecule has 2 aromatic carbocycles. The molecule has 0 spiro atoms. The number of para-hydroxylation sites is 1.